The van der Waals surface area contributed by atoms with Crippen molar-refractivity contribution < 1.29 is 0 Å². The summed E-state index contributed by atoms with van der Waals surface area (Å²) in [4.78, 5) is 6.84. The van der Waals surface area contributed by atoms with Gasteiger partial charge in [-0.3, -0.25) is 4.68 Å². The van der Waals surface area contributed by atoms with Crippen LogP contribution in [0.2, 0.25) is 0 Å². The summed E-state index contributed by atoms with van der Waals surface area (Å²) in [6, 6.07) is 1.80. The average Bonchev–Trinajstić information content (AvgIpc) is 2.61. The summed E-state index contributed by atoms with van der Waals surface area (Å²) < 4.78 is 1.62. The molecule has 3 N–H and O–H groups in total. The van der Waals surface area contributed by atoms with Gasteiger partial charge in [0, 0.05) is 13.1 Å². The molecule has 2 aromatic rings. The lowest BCUT2D eigenvalue weighted by Crippen LogP contribution is -1.96. The fourth-order valence-corrected chi connectivity index (χ4v) is 1.01. The Bertz CT molecular complexity index is 353. The van der Waals surface area contributed by atoms with Crippen molar-refractivity contribution in [3.63, 3.8) is 0 Å². The lowest BCUT2D eigenvalue weighted by molar-refractivity contribution is 0.781. The van der Waals surface area contributed by atoms with Crippen LogP contribution in [0.5, 0.6) is 0 Å². The molecule has 0 radical (unpaired) electrons. The highest BCUT2D eigenvalue weighted by Crippen LogP contribution is 2.15. The minimum Gasteiger partial charge on any atom is -0.384 e. The van der Waals surface area contributed by atoms with Gasteiger partial charge in [0.15, 0.2) is 0 Å². The predicted octanol–water partition coefficient (Wildman–Crippen LogP) is 0.392. The quantitative estimate of drug-likeness (QED) is 0.638. The third-order valence-corrected chi connectivity index (χ3v) is 1.69. The van der Waals surface area contributed by atoms with Crippen LogP contribution in [0.3, 0.4) is 0 Å². The largest absolute Gasteiger partial charge is 0.384 e. The van der Waals surface area contributed by atoms with Gasteiger partial charge in [0.05, 0.1) is 18.2 Å². The van der Waals surface area contributed by atoms with Crippen LogP contribution in [0.15, 0.2) is 18.6 Å². The summed E-state index contributed by atoms with van der Waals surface area (Å²) in [7, 11) is 1.80. The van der Waals surface area contributed by atoms with Crippen LogP contribution < -0.4 is 5.73 Å². The van der Waals surface area contributed by atoms with Crippen molar-refractivity contribution in [2.45, 2.75) is 0 Å². The number of H-pyrrole nitrogens is 1. The first kappa shape index (κ1) is 6.90. The van der Waals surface area contributed by atoms with Crippen molar-refractivity contribution in [1.82, 2.24) is 19.7 Å². The standard InChI is InChI=1S/C7H9N5/c1-12-7(8)2-5(11-12)6-3-9-4-10-6/h2-4H,8H2,1H3,(H,9,10). The zero-order valence-electron chi connectivity index (χ0n) is 6.65. The third-order valence-electron chi connectivity index (χ3n) is 1.69. The molecule has 0 aliphatic heterocycles. The van der Waals surface area contributed by atoms with Gasteiger partial charge in [-0.25, -0.2) is 4.98 Å². The van der Waals surface area contributed by atoms with Gasteiger partial charge < -0.3 is 10.7 Å². The molecule has 0 saturated carbocycles. The first-order valence-electron chi connectivity index (χ1n) is 3.55. The Morgan fingerprint density at radius 1 is 1.58 bits per heavy atom. The Kier molecular flexibility index (Phi) is 1.36. The Morgan fingerprint density at radius 3 is 2.92 bits per heavy atom. The number of rotatable bonds is 1. The summed E-state index contributed by atoms with van der Waals surface area (Å²) in [6.45, 7) is 0. The minimum absolute atomic E-state index is 0.639. The van der Waals surface area contributed by atoms with Crippen LogP contribution in [0, 0.1) is 0 Å². The fourth-order valence-electron chi connectivity index (χ4n) is 1.01. The summed E-state index contributed by atoms with van der Waals surface area (Å²) in [5.74, 6) is 0.639. The van der Waals surface area contributed by atoms with Crippen LogP contribution in [-0.4, -0.2) is 19.7 Å². The number of imidazole rings is 1. The number of aromatic amines is 1. The maximum atomic E-state index is 5.61. The molecule has 12 heavy (non-hydrogen) atoms. The molecule has 0 amide bonds. The zero-order valence-corrected chi connectivity index (χ0v) is 6.65. The smallest absolute Gasteiger partial charge is 0.122 e. The average molecular weight is 163 g/mol. The highest BCUT2D eigenvalue weighted by Gasteiger charge is 2.04. The number of anilines is 1. The lowest BCUT2D eigenvalue weighted by Gasteiger charge is -1.89. The van der Waals surface area contributed by atoms with E-state index in [4.69, 9.17) is 5.73 Å². The molecule has 0 aromatic carbocycles. The van der Waals surface area contributed by atoms with Gasteiger partial charge in [-0.2, -0.15) is 5.10 Å². The zero-order chi connectivity index (χ0) is 8.55. The van der Waals surface area contributed by atoms with Crippen LogP contribution in [0.4, 0.5) is 5.82 Å². The Morgan fingerprint density at radius 2 is 2.42 bits per heavy atom. The Balaban J connectivity index is 2.48. The maximum Gasteiger partial charge on any atom is 0.122 e. The second-order valence-corrected chi connectivity index (χ2v) is 2.54. The van der Waals surface area contributed by atoms with E-state index in [-0.39, 0.29) is 0 Å². The van der Waals surface area contributed by atoms with Crippen molar-refractivity contribution >= 4 is 5.82 Å². The molecule has 2 rings (SSSR count). The number of hydrogen-bond donors (Lipinski definition) is 2. The first-order chi connectivity index (χ1) is 5.77. The molecule has 0 aliphatic carbocycles. The van der Waals surface area contributed by atoms with E-state index < -0.39 is 0 Å². The molecule has 0 fully saturated rings. The van der Waals surface area contributed by atoms with E-state index in [1.54, 1.807) is 30.3 Å². The molecule has 0 aliphatic rings. The van der Waals surface area contributed by atoms with Crippen molar-refractivity contribution in [2.24, 2.45) is 7.05 Å². The highest BCUT2D eigenvalue weighted by molar-refractivity contribution is 5.56. The van der Waals surface area contributed by atoms with Gasteiger partial charge in [0.1, 0.15) is 11.5 Å². The van der Waals surface area contributed by atoms with E-state index in [1.807, 2.05) is 0 Å². The molecule has 2 heterocycles. The molecule has 2 aromatic heterocycles. The summed E-state index contributed by atoms with van der Waals surface area (Å²) >= 11 is 0. The van der Waals surface area contributed by atoms with Crippen molar-refractivity contribution in [2.75, 3.05) is 5.73 Å². The summed E-state index contributed by atoms with van der Waals surface area (Å²) in [5, 5.41) is 4.17. The molecule has 0 spiro atoms. The second kappa shape index (κ2) is 2.37. The SMILES string of the molecule is Cn1nc(-c2cnc[nH]2)cc1N. The minimum atomic E-state index is 0.639. The number of nitrogens with two attached hydrogens (primary N) is 1. The monoisotopic (exact) mass is 163 g/mol. The van der Waals surface area contributed by atoms with Gasteiger partial charge in [0.2, 0.25) is 0 Å². The van der Waals surface area contributed by atoms with E-state index in [0.29, 0.717) is 5.82 Å². The number of aromatic nitrogens is 4. The van der Waals surface area contributed by atoms with E-state index in [9.17, 15) is 0 Å². The number of nitrogens with one attached hydrogen (secondary N) is 1. The first-order valence-corrected chi connectivity index (χ1v) is 3.55. The summed E-state index contributed by atoms with van der Waals surface area (Å²) in [6.07, 6.45) is 3.32. The number of aryl methyl sites for hydroxylation is 1. The molecule has 0 atom stereocenters. The molecular weight excluding hydrogens is 154 g/mol. The fraction of sp³-hybridized carbons (Fsp3) is 0.143. The second-order valence-electron chi connectivity index (χ2n) is 2.54. The van der Waals surface area contributed by atoms with Gasteiger partial charge in [-0.05, 0) is 0 Å². The molecule has 0 saturated heterocycles. The van der Waals surface area contributed by atoms with Crippen molar-refractivity contribution in [3.8, 4) is 11.4 Å². The molecule has 5 nitrogen and oxygen atoms in total. The van der Waals surface area contributed by atoms with Crippen molar-refractivity contribution in [1.29, 1.82) is 0 Å². The number of hydrogen-bond acceptors (Lipinski definition) is 3. The molecular formula is C7H9N5. The van der Waals surface area contributed by atoms with Gasteiger partial charge in [0.25, 0.3) is 0 Å². The topological polar surface area (TPSA) is 72.5 Å². The maximum absolute atomic E-state index is 5.61. The van der Waals surface area contributed by atoms with Crippen LogP contribution in [0.1, 0.15) is 0 Å². The van der Waals surface area contributed by atoms with Gasteiger partial charge in [-0.15, -0.1) is 0 Å². The Labute approximate surface area is 69.2 Å². The Hall–Kier alpha value is -1.78. The number of nitrogens with zero attached hydrogens (tertiary/aromatic N) is 3. The van der Waals surface area contributed by atoms with Crippen molar-refractivity contribution in [3.05, 3.63) is 18.6 Å². The third kappa shape index (κ3) is 0.952. The van der Waals surface area contributed by atoms with Crippen LogP contribution >= 0.6 is 0 Å². The van der Waals surface area contributed by atoms with E-state index in [2.05, 4.69) is 15.1 Å². The molecule has 5 heteroatoms. The van der Waals surface area contributed by atoms with Crippen LogP contribution in [0.25, 0.3) is 11.4 Å². The van der Waals surface area contributed by atoms with E-state index in [1.165, 1.54) is 0 Å². The highest BCUT2D eigenvalue weighted by atomic mass is 15.3. The number of nitrogen functional groups attached to an aromatic ring is 1. The van der Waals surface area contributed by atoms with Crippen LogP contribution in [-0.2, 0) is 7.05 Å². The van der Waals surface area contributed by atoms with Gasteiger partial charge >= 0.3 is 0 Å². The van der Waals surface area contributed by atoms with Gasteiger partial charge in [-0.1, -0.05) is 0 Å². The lowest BCUT2D eigenvalue weighted by atomic mass is 10.3. The summed E-state index contributed by atoms with van der Waals surface area (Å²) in [5.41, 5.74) is 7.30. The molecule has 62 valence electrons. The molecule has 0 unspecified atom stereocenters. The van der Waals surface area contributed by atoms with E-state index >= 15 is 0 Å². The van der Waals surface area contributed by atoms with E-state index in [0.717, 1.165) is 11.4 Å². The predicted molar refractivity (Wildman–Crippen MR) is 45.2 cm³/mol. The molecule has 0 bridgehead atoms. The normalized spacial score (nSPS) is 10.4.